The topological polar surface area (TPSA) is 84.5 Å². The Morgan fingerprint density at radius 3 is 2.04 bits per heavy atom. The second-order valence-electron chi connectivity index (χ2n) is 6.28. The number of nitrogens with one attached hydrogen (secondary N) is 2. The SMILES string of the molecule is COc1ccc(S(=O)(=O)NC(C)C(=O)Nc2ccc(C(C)C)cc2)cc1. The van der Waals surface area contributed by atoms with E-state index in [2.05, 4.69) is 23.9 Å². The number of carbonyl (C=O) groups is 1. The fourth-order valence-electron chi connectivity index (χ4n) is 2.31. The molecule has 0 aliphatic rings. The highest BCUT2D eigenvalue weighted by Gasteiger charge is 2.22. The third kappa shape index (κ3) is 5.06. The molecule has 26 heavy (non-hydrogen) atoms. The number of hydrogen-bond acceptors (Lipinski definition) is 4. The second kappa shape index (κ2) is 8.33. The maximum Gasteiger partial charge on any atom is 0.242 e. The van der Waals surface area contributed by atoms with Crippen LogP contribution in [0.3, 0.4) is 0 Å². The normalized spacial score (nSPS) is 12.7. The number of benzene rings is 2. The van der Waals surface area contributed by atoms with Crippen molar-refractivity contribution >= 4 is 21.6 Å². The summed E-state index contributed by atoms with van der Waals surface area (Å²) in [5, 5.41) is 2.71. The zero-order valence-corrected chi connectivity index (χ0v) is 16.1. The predicted octanol–water partition coefficient (Wildman–Crippen LogP) is 3.12. The van der Waals surface area contributed by atoms with E-state index in [4.69, 9.17) is 4.74 Å². The van der Waals surface area contributed by atoms with Gasteiger partial charge in [-0.15, -0.1) is 0 Å². The van der Waals surface area contributed by atoms with Crippen LogP contribution >= 0.6 is 0 Å². The van der Waals surface area contributed by atoms with Gasteiger partial charge in [0, 0.05) is 5.69 Å². The number of carbonyl (C=O) groups excluding carboxylic acids is 1. The van der Waals surface area contributed by atoms with Gasteiger partial charge >= 0.3 is 0 Å². The number of anilines is 1. The number of hydrogen-bond donors (Lipinski definition) is 2. The van der Waals surface area contributed by atoms with Crippen molar-refractivity contribution in [2.45, 2.75) is 37.6 Å². The molecule has 140 valence electrons. The van der Waals surface area contributed by atoms with Crippen LogP contribution in [0.1, 0.15) is 32.3 Å². The number of ether oxygens (including phenoxy) is 1. The van der Waals surface area contributed by atoms with Gasteiger partial charge in [-0.2, -0.15) is 4.72 Å². The molecule has 2 aromatic carbocycles. The minimum absolute atomic E-state index is 0.0687. The summed E-state index contributed by atoms with van der Waals surface area (Å²) in [5.41, 5.74) is 1.78. The van der Waals surface area contributed by atoms with Crippen LogP contribution in [0.15, 0.2) is 53.4 Å². The van der Waals surface area contributed by atoms with Gasteiger partial charge in [-0.1, -0.05) is 26.0 Å². The molecular weight excluding hydrogens is 352 g/mol. The lowest BCUT2D eigenvalue weighted by Gasteiger charge is -2.15. The Labute approximate surface area is 154 Å². The van der Waals surface area contributed by atoms with E-state index in [9.17, 15) is 13.2 Å². The van der Waals surface area contributed by atoms with Gasteiger partial charge in [0.2, 0.25) is 15.9 Å². The molecular formula is C19H24N2O4S. The molecule has 0 spiro atoms. The molecule has 0 saturated carbocycles. The summed E-state index contributed by atoms with van der Waals surface area (Å²) in [4.78, 5) is 12.4. The van der Waals surface area contributed by atoms with Crippen LogP contribution in [0, 0.1) is 0 Å². The van der Waals surface area contributed by atoms with E-state index in [1.165, 1.54) is 26.2 Å². The minimum Gasteiger partial charge on any atom is -0.497 e. The molecule has 7 heteroatoms. The first kappa shape index (κ1) is 19.9. The standard InChI is InChI=1S/C19H24N2O4S/c1-13(2)15-5-7-16(8-6-15)20-19(22)14(3)21-26(23,24)18-11-9-17(25-4)10-12-18/h5-14,21H,1-4H3,(H,20,22). The molecule has 0 aliphatic heterocycles. The van der Waals surface area contributed by atoms with Crippen molar-refractivity contribution in [1.29, 1.82) is 0 Å². The zero-order valence-electron chi connectivity index (χ0n) is 15.3. The maximum absolute atomic E-state index is 12.4. The molecule has 2 rings (SSSR count). The van der Waals surface area contributed by atoms with Crippen LogP contribution in [0.25, 0.3) is 0 Å². The second-order valence-corrected chi connectivity index (χ2v) is 8.00. The van der Waals surface area contributed by atoms with Gasteiger partial charge < -0.3 is 10.1 Å². The van der Waals surface area contributed by atoms with E-state index in [1.807, 2.05) is 12.1 Å². The largest absolute Gasteiger partial charge is 0.497 e. The molecule has 1 atom stereocenters. The molecule has 0 bridgehead atoms. The molecule has 0 saturated heterocycles. The van der Waals surface area contributed by atoms with Gasteiger partial charge in [0.25, 0.3) is 0 Å². The van der Waals surface area contributed by atoms with Gasteiger partial charge in [-0.25, -0.2) is 8.42 Å². The van der Waals surface area contributed by atoms with Crippen molar-refractivity contribution < 1.29 is 17.9 Å². The third-order valence-electron chi connectivity index (χ3n) is 3.94. The van der Waals surface area contributed by atoms with Gasteiger partial charge in [0.05, 0.1) is 18.0 Å². The Morgan fingerprint density at radius 2 is 1.54 bits per heavy atom. The lowest BCUT2D eigenvalue weighted by molar-refractivity contribution is -0.117. The lowest BCUT2D eigenvalue weighted by Crippen LogP contribution is -2.41. The van der Waals surface area contributed by atoms with E-state index in [1.54, 1.807) is 24.3 Å². The van der Waals surface area contributed by atoms with Crippen molar-refractivity contribution in [3.05, 3.63) is 54.1 Å². The highest BCUT2D eigenvalue weighted by Crippen LogP contribution is 2.18. The number of rotatable bonds is 7. The van der Waals surface area contributed by atoms with Crippen LogP contribution in [0.2, 0.25) is 0 Å². The number of methoxy groups -OCH3 is 1. The van der Waals surface area contributed by atoms with Crippen molar-refractivity contribution in [3.8, 4) is 5.75 Å². The maximum atomic E-state index is 12.4. The molecule has 2 aromatic rings. The van der Waals surface area contributed by atoms with Crippen LogP contribution in [-0.2, 0) is 14.8 Å². The molecule has 0 heterocycles. The minimum atomic E-state index is -3.81. The van der Waals surface area contributed by atoms with Gasteiger partial charge in [-0.3, -0.25) is 4.79 Å². The fourth-order valence-corrected chi connectivity index (χ4v) is 3.51. The first-order valence-corrected chi connectivity index (χ1v) is 9.78. The molecule has 1 unspecified atom stereocenters. The van der Waals surface area contributed by atoms with Crippen molar-refractivity contribution in [2.75, 3.05) is 12.4 Å². The first-order valence-electron chi connectivity index (χ1n) is 8.30. The van der Waals surface area contributed by atoms with Gasteiger partial charge in [0.1, 0.15) is 5.75 Å². The van der Waals surface area contributed by atoms with Crippen LogP contribution < -0.4 is 14.8 Å². The van der Waals surface area contributed by atoms with Crippen molar-refractivity contribution in [3.63, 3.8) is 0 Å². The summed E-state index contributed by atoms with van der Waals surface area (Å²) in [6.07, 6.45) is 0. The van der Waals surface area contributed by atoms with Crippen molar-refractivity contribution in [2.24, 2.45) is 0 Å². The van der Waals surface area contributed by atoms with Crippen LogP contribution in [0.4, 0.5) is 5.69 Å². The Balaban J connectivity index is 2.02. The quantitative estimate of drug-likeness (QED) is 0.778. The molecule has 2 N–H and O–H groups in total. The Kier molecular flexibility index (Phi) is 6.39. The fraction of sp³-hybridized carbons (Fsp3) is 0.316. The van der Waals surface area contributed by atoms with Crippen LogP contribution in [-0.4, -0.2) is 27.5 Å². The van der Waals surface area contributed by atoms with E-state index in [-0.39, 0.29) is 4.90 Å². The highest BCUT2D eigenvalue weighted by atomic mass is 32.2. The van der Waals surface area contributed by atoms with E-state index in [0.29, 0.717) is 17.4 Å². The van der Waals surface area contributed by atoms with E-state index < -0.39 is 22.0 Å². The molecule has 0 aromatic heterocycles. The van der Waals surface area contributed by atoms with Gasteiger partial charge in [0.15, 0.2) is 0 Å². The third-order valence-corrected chi connectivity index (χ3v) is 5.50. The Bertz CT molecular complexity index is 844. The summed E-state index contributed by atoms with van der Waals surface area (Å²) in [6, 6.07) is 12.5. The summed E-state index contributed by atoms with van der Waals surface area (Å²) >= 11 is 0. The summed E-state index contributed by atoms with van der Waals surface area (Å²) in [6.45, 7) is 5.67. The average Bonchev–Trinajstić information content (AvgIpc) is 2.61. The van der Waals surface area contributed by atoms with Crippen LogP contribution in [0.5, 0.6) is 5.75 Å². The molecule has 1 amide bonds. The Morgan fingerprint density at radius 1 is 0.962 bits per heavy atom. The summed E-state index contributed by atoms with van der Waals surface area (Å²) < 4.78 is 32.2. The van der Waals surface area contributed by atoms with E-state index >= 15 is 0 Å². The zero-order chi connectivity index (χ0) is 19.3. The first-order chi connectivity index (χ1) is 12.2. The number of amides is 1. The molecule has 0 aliphatic carbocycles. The number of sulfonamides is 1. The summed E-state index contributed by atoms with van der Waals surface area (Å²) in [5.74, 6) is 0.522. The molecule has 0 radical (unpaired) electrons. The smallest absolute Gasteiger partial charge is 0.242 e. The lowest BCUT2D eigenvalue weighted by atomic mass is 10.0. The molecule has 6 nitrogen and oxygen atoms in total. The Hall–Kier alpha value is -2.38. The highest BCUT2D eigenvalue weighted by molar-refractivity contribution is 7.89. The predicted molar refractivity (Wildman–Crippen MR) is 102 cm³/mol. The molecule has 0 fully saturated rings. The summed E-state index contributed by atoms with van der Waals surface area (Å²) in [7, 11) is -2.30. The monoisotopic (exact) mass is 376 g/mol. The average molecular weight is 376 g/mol. The van der Waals surface area contributed by atoms with Gasteiger partial charge in [-0.05, 0) is 54.8 Å². The van der Waals surface area contributed by atoms with Crippen molar-refractivity contribution in [1.82, 2.24) is 4.72 Å². The van der Waals surface area contributed by atoms with E-state index in [0.717, 1.165) is 5.56 Å².